The Balaban J connectivity index is 1.31. The Morgan fingerprint density at radius 2 is 0.938 bits per heavy atom. The summed E-state index contributed by atoms with van der Waals surface area (Å²) in [5, 5.41) is 2.32. The van der Waals surface area contributed by atoms with Crippen molar-refractivity contribution in [2.75, 3.05) is 4.90 Å². The van der Waals surface area contributed by atoms with E-state index in [2.05, 4.69) is 176 Å². The first-order valence-electron chi connectivity index (χ1n) is 16.9. The molecule has 0 bridgehead atoms. The van der Waals surface area contributed by atoms with Crippen molar-refractivity contribution < 1.29 is 4.42 Å². The maximum absolute atomic E-state index is 6.65. The molecule has 0 aliphatic heterocycles. The monoisotopic (exact) mass is 619 g/mol. The lowest BCUT2D eigenvalue weighted by Gasteiger charge is -2.27. The number of furan rings is 1. The number of rotatable bonds is 8. The van der Waals surface area contributed by atoms with Crippen LogP contribution in [-0.4, -0.2) is 0 Å². The highest BCUT2D eigenvalue weighted by Gasteiger charge is 2.21. The van der Waals surface area contributed by atoms with Gasteiger partial charge in [-0.05, 0) is 94.3 Å². The second-order valence-electron chi connectivity index (χ2n) is 12.3. The Kier molecular flexibility index (Phi) is 7.84. The lowest BCUT2D eigenvalue weighted by Crippen LogP contribution is -2.10. The van der Waals surface area contributed by atoms with Gasteiger partial charge in [-0.1, -0.05) is 135 Å². The second-order valence-corrected chi connectivity index (χ2v) is 12.3. The average Bonchev–Trinajstić information content (AvgIpc) is 3.54. The third kappa shape index (κ3) is 5.36. The van der Waals surface area contributed by atoms with Crippen LogP contribution >= 0.6 is 0 Å². The number of hydrogen-bond acceptors (Lipinski definition) is 2. The molecule has 0 fully saturated rings. The highest BCUT2D eigenvalue weighted by Crippen LogP contribution is 2.43. The lowest BCUT2D eigenvalue weighted by molar-refractivity contribution is 0.669. The average molecular weight is 620 g/mol. The van der Waals surface area contributed by atoms with Gasteiger partial charge in [-0.2, -0.15) is 0 Å². The summed E-state index contributed by atoms with van der Waals surface area (Å²) < 4.78 is 6.65. The van der Waals surface area contributed by atoms with Crippen LogP contribution in [0.15, 0.2) is 168 Å². The van der Waals surface area contributed by atoms with Gasteiger partial charge in [0.25, 0.3) is 0 Å². The Bertz CT molecular complexity index is 2250. The van der Waals surface area contributed by atoms with Gasteiger partial charge in [-0.15, -0.1) is 0 Å². The Hall–Kier alpha value is -5.86. The second kappa shape index (κ2) is 12.7. The van der Waals surface area contributed by atoms with Gasteiger partial charge in [0.05, 0.1) is 0 Å². The number of benzene rings is 7. The van der Waals surface area contributed by atoms with Crippen LogP contribution in [0.25, 0.3) is 55.3 Å². The third-order valence-corrected chi connectivity index (χ3v) is 9.48. The van der Waals surface area contributed by atoms with E-state index in [4.69, 9.17) is 4.42 Å². The minimum absolute atomic E-state index is 0.918. The predicted octanol–water partition coefficient (Wildman–Crippen LogP) is 13.2. The molecular formula is C46H37NO. The van der Waals surface area contributed by atoms with Gasteiger partial charge in [-0.25, -0.2) is 0 Å². The van der Waals surface area contributed by atoms with Gasteiger partial charge in [0.1, 0.15) is 11.2 Å². The molecular weight excluding hydrogens is 583 g/mol. The van der Waals surface area contributed by atoms with Crippen LogP contribution in [0.2, 0.25) is 0 Å². The van der Waals surface area contributed by atoms with Crippen molar-refractivity contribution in [1.29, 1.82) is 0 Å². The van der Waals surface area contributed by atoms with Gasteiger partial charge < -0.3 is 9.32 Å². The lowest BCUT2D eigenvalue weighted by atomic mass is 9.90. The fraction of sp³-hybridized carbons (Fsp3) is 0.0870. The maximum Gasteiger partial charge on any atom is 0.143 e. The molecule has 48 heavy (non-hydrogen) atoms. The molecule has 0 unspecified atom stereocenters. The summed E-state index contributed by atoms with van der Waals surface area (Å²) in [6.45, 7) is 4.48. The molecule has 8 rings (SSSR count). The van der Waals surface area contributed by atoms with Crippen LogP contribution in [0.4, 0.5) is 17.1 Å². The van der Waals surface area contributed by atoms with Crippen molar-refractivity contribution in [3.05, 3.63) is 175 Å². The molecule has 0 spiro atoms. The zero-order chi connectivity index (χ0) is 32.5. The third-order valence-electron chi connectivity index (χ3n) is 9.48. The van der Waals surface area contributed by atoms with Crippen molar-refractivity contribution in [2.24, 2.45) is 0 Å². The van der Waals surface area contributed by atoms with E-state index in [9.17, 15) is 0 Å². The molecule has 0 N–H and O–H groups in total. The first kappa shape index (κ1) is 29.5. The highest BCUT2D eigenvalue weighted by molar-refractivity contribution is 6.10. The first-order valence-corrected chi connectivity index (χ1v) is 16.9. The zero-order valence-corrected chi connectivity index (χ0v) is 27.4. The quantitative estimate of drug-likeness (QED) is 0.168. The van der Waals surface area contributed by atoms with Gasteiger partial charge in [0, 0.05) is 33.4 Å². The summed E-state index contributed by atoms with van der Waals surface area (Å²) in [5.74, 6) is 0. The van der Waals surface area contributed by atoms with E-state index in [1.807, 2.05) is 6.07 Å². The number of fused-ring (bicyclic) bond motifs is 3. The maximum atomic E-state index is 6.65. The summed E-state index contributed by atoms with van der Waals surface area (Å²) in [4.78, 5) is 2.37. The van der Waals surface area contributed by atoms with Crippen molar-refractivity contribution in [1.82, 2.24) is 0 Å². The molecule has 0 aliphatic carbocycles. The normalized spacial score (nSPS) is 11.3. The molecule has 0 saturated carbocycles. The molecule has 2 heteroatoms. The van der Waals surface area contributed by atoms with Crippen molar-refractivity contribution in [3.63, 3.8) is 0 Å². The predicted molar refractivity (Wildman–Crippen MR) is 203 cm³/mol. The van der Waals surface area contributed by atoms with Crippen LogP contribution in [0, 0.1) is 0 Å². The van der Waals surface area contributed by atoms with E-state index in [1.54, 1.807) is 0 Å². The van der Waals surface area contributed by atoms with Crippen molar-refractivity contribution in [3.8, 4) is 33.4 Å². The number of anilines is 3. The smallest absolute Gasteiger partial charge is 0.143 e. The molecule has 8 aromatic rings. The standard InChI is InChI=1S/C46H37NO/c1-3-32-19-29-40(31-43(32)45-33(4-2)24-30-42-41-17-11-12-18-44(41)48-46(42)45)47(38-25-20-36(21-26-38)34-13-7-5-8-14-34)39-27-22-37(23-28-39)35-15-9-6-10-16-35/h5-31H,3-4H2,1-2H3. The minimum atomic E-state index is 0.918. The molecule has 0 radical (unpaired) electrons. The minimum Gasteiger partial charge on any atom is -0.455 e. The molecule has 0 saturated heterocycles. The first-order chi connectivity index (χ1) is 23.7. The Morgan fingerprint density at radius 3 is 1.52 bits per heavy atom. The van der Waals surface area contributed by atoms with Gasteiger partial charge in [0.15, 0.2) is 0 Å². The van der Waals surface area contributed by atoms with Crippen LogP contribution in [0.1, 0.15) is 25.0 Å². The Morgan fingerprint density at radius 1 is 0.438 bits per heavy atom. The topological polar surface area (TPSA) is 16.4 Å². The van der Waals surface area contributed by atoms with E-state index in [-0.39, 0.29) is 0 Å². The molecule has 1 heterocycles. The van der Waals surface area contributed by atoms with Gasteiger partial charge >= 0.3 is 0 Å². The van der Waals surface area contributed by atoms with E-state index in [0.717, 1.165) is 51.8 Å². The summed E-state index contributed by atoms with van der Waals surface area (Å²) in [6, 6.07) is 58.8. The molecule has 0 aliphatic rings. The van der Waals surface area contributed by atoms with E-state index >= 15 is 0 Å². The number of nitrogens with zero attached hydrogens (tertiary/aromatic N) is 1. The molecule has 0 atom stereocenters. The summed E-state index contributed by atoms with van der Waals surface area (Å²) in [7, 11) is 0. The molecule has 2 nitrogen and oxygen atoms in total. The van der Waals surface area contributed by atoms with Gasteiger partial charge in [0.2, 0.25) is 0 Å². The van der Waals surface area contributed by atoms with Crippen LogP contribution in [0.3, 0.4) is 0 Å². The highest BCUT2D eigenvalue weighted by atomic mass is 16.3. The van der Waals surface area contributed by atoms with E-state index in [1.165, 1.54) is 44.5 Å². The van der Waals surface area contributed by atoms with E-state index < -0.39 is 0 Å². The Labute approximate surface area is 282 Å². The fourth-order valence-electron chi connectivity index (χ4n) is 6.98. The summed E-state index contributed by atoms with van der Waals surface area (Å²) >= 11 is 0. The number of aryl methyl sites for hydroxylation is 2. The van der Waals surface area contributed by atoms with Crippen molar-refractivity contribution >= 4 is 39.0 Å². The van der Waals surface area contributed by atoms with Crippen molar-refractivity contribution in [2.45, 2.75) is 26.7 Å². The summed E-state index contributed by atoms with van der Waals surface area (Å²) in [6.07, 6.45) is 1.84. The van der Waals surface area contributed by atoms with Crippen LogP contribution in [0.5, 0.6) is 0 Å². The molecule has 7 aromatic carbocycles. The zero-order valence-electron chi connectivity index (χ0n) is 27.4. The largest absolute Gasteiger partial charge is 0.455 e. The number of hydrogen-bond donors (Lipinski definition) is 0. The molecule has 0 amide bonds. The summed E-state index contributed by atoms with van der Waals surface area (Å²) in [5.41, 5.74) is 15.1. The van der Waals surface area contributed by atoms with Crippen LogP contribution < -0.4 is 4.90 Å². The number of para-hydroxylation sites is 1. The SMILES string of the molecule is CCc1ccc(N(c2ccc(-c3ccccc3)cc2)c2ccc(-c3ccccc3)cc2)cc1-c1c(CC)ccc2c1oc1ccccc12. The van der Waals surface area contributed by atoms with Gasteiger partial charge in [-0.3, -0.25) is 0 Å². The molecule has 1 aromatic heterocycles. The molecule has 232 valence electrons. The van der Waals surface area contributed by atoms with Crippen LogP contribution in [-0.2, 0) is 12.8 Å². The fourth-order valence-corrected chi connectivity index (χ4v) is 6.98. The van der Waals surface area contributed by atoms with E-state index in [0.29, 0.717) is 0 Å².